The van der Waals surface area contributed by atoms with Gasteiger partial charge in [0, 0.05) is 16.3 Å². The van der Waals surface area contributed by atoms with Gasteiger partial charge in [0.1, 0.15) is 5.75 Å². The first-order valence-electron chi connectivity index (χ1n) is 5.67. The molecule has 0 aliphatic rings. The van der Waals surface area contributed by atoms with E-state index in [1.54, 1.807) is 18.3 Å². The van der Waals surface area contributed by atoms with Gasteiger partial charge in [-0.2, -0.15) is 0 Å². The molecule has 1 N–H and O–H groups in total. The highest BCUT2D eigenvalue weighted by Crippen LogP contribution is 2.28. The lowest BCUT2D eigenvalue weighted by atomic mass is 10.1. The van der Waals surface area contributed by atoms with Crippen molar-refractivity contribution in [2.45, 2.75) is 13.8 Å². The molecule has 2 nitrogen and oxygen atoms in total. The van der Waals surface area contributed by atoms with Crippen LogP contribution in [-0.2, 0) is 0 Å². The average molecular weight is 304 g/mol. The molecule has 2 aromatic rings. The third kappa shape index (κ3) is 2.79. The molecule has 0 fully saturated rings. The third-order valence-corrected chi connectivity index (χ3v) is 3.18. The maximum Gasteiger partial charge on any atom is 0.124 e. The van der Waals surface area contributed by atoms with E-state index in [2.05, 4.69) is 20.9 Å². The van der Waals surface area contributed by atoms with Gasteiger partial charge >= 0.3 is 0 Å². The van der Waals surface area contributed by atoms with Crippen molar-refractivity contribution in [2.75, 3.05) is 0 Å². The van der Waals surface area contributed by atoms with Crippen molar-refractivity contribution in [1.29, 1.82) is 0 Å². The Morgan fingerprint density at radius 1 is 1.11 bits per heavy atom. The van der Waals surface area contributed by atoms with E-state index in [1.165, 1.54) is 0 Å². The van der Waals surface area contributed by atoms with Crippen LogP contribution in [0.4, 0.5) is 5.69 Å². The van der Waals surface area contributed by atoms with Crippen LogP contribution in [0, 0.1) is 13.8 Å². The quantitative estimate of drug-likeness (QED) is 0.813. The third-order valence-electron chi connectivity index (χ3n) is 2.73. The molecule has 3 heteroatoms. The molecular weight excluding hydrogens is 290 g/mol. The van der Waals surface area contributed by atoms with E-state index < -0.39 is 0 Å². The Hall–Kier alpha value is -1.61. The highest BCUT2D eigenvalue weighted by atomic mass is 79.9. The lowest BCUT2D eigenvalue weighted by Crippen LogP contribution is -1.85. The van der Waals surface area contributed by atoms with Gasteiger partial charge in [0.05, 0.1) is 5.69 Å². The molecule has 0 atom stereocenters. The normalized spacial score (nSPS) is 11.1. The molecule has 0 radical (unpaired) electrons. The van der Waals surface area contributed by atoms with Crippen molar-refractivity contribution < 1.29 is 5.11 Å². The van der Waals surface area contributed by atoms with Crippen LogP contribution < -0.4 is 0 Å². The summed E-state index contributed by atoms with van der Waals surface area (Å²) in [5.41, 5.74) is 3.88. The van der Waals surface area contributed by atoms with Crippen molar-refractivity contribution in [3.05, 3.63) is 57.6 Å². The number of nitrogens with zero attached hydrogens (tertiary/aromatic N) is 1. The molecule has 2 aromatic carbocycles. The second-order valence-corrected chi connectivity index (χ2v) is 5.12. The molecule has 92 valence electrons. The number of hydrogen-bond donors (Lipinski definition) is 1. The molecule has 0 saturated heterocycles. The second kappa shape index (κ2) is 5.36. The van der Waals surface area contributed by atoms with Crippen LogP contribution in [-0.4, -0.2) is 11.3 Å². The van der Waals surface area contributed by atoms with E-state index in [-0.39, 0.29) is 5.75 Å². The fourth-order valence-electron chi connectivity index (χ4n) is 1.84. The van der Waals surface area contributed by atoms with Crippen LogP contribution in [0.5, 0.6) is 5.75 Å². The Morgan fingerprint density at radius 3 is 2.33 bits per heavy atom. The number of hydrogen-bond acceptors (Lipinski definition) is 2. The van der Waals surface area contributed by atoms with Crippen molar-refractivity contribution >= 4 is 27.8 Å². The first-order chi connectivity index (χ1) is 8.58. The number of phenolic OH excluding ortho intramolecular Hbond substituents is 1. The lowest BCUT2D eigenvalue weighted by molar-refractivity contribution is 0.474. The number of aliphatic imine (C=N–C) groups is 1. The van der Waals surface area contributed by atoms with Crippen molar-refractivity contribution in [2.24, 2.45) is 4.99 Å². The molecular formula is C15H14BrNO. The monoisotopic (exact) mass is 303 g/mol. The van der Waals surface area contributed by atoms with E-state index in [9.17, 15) is 5.11 Å². The summed E-state index contributed by atoms with van der Waals surface area (Å²) in [7, 11) is 0. The SMILES string of the molecule is Cc1cc(Br)cc(C)c1/N=C/c1ccccc1O. The fraction of sp³-hybridized carbons (Fsp3) is 0.133. The van der Waals surface area contributed by atoms with Gasteiger partial charge in [0.2, 0.25) is 0 Å². The highest BCUT2D eigenvalue weighted by molar-refractivity contribution is 9.10. The summed E-state index contributed by atoms with van der Waals surface area (Å²) in [6.45, 7) is 4.05. The molecule has 2 rings (SSSR count). The molecule has 0 amide bonds. The fourth-order valence-corrected chi connectivity index (χ4v) is 2.52. The number of aromatic hydroxyl groups is 1. The van der Waals surface area contributed by atoms with Crippen LogP contribution >= 0.6 is 15.9 Å². The summed E-state index contributed by atoms with van der Waals surface area (Å²) < 4.78 is 1.05. The van der Waals surface area contributed by atoms with Crippen LogP contribution in [0.25, 0.3) is 0 Å². The minimum atomic E-state index is 0.244. The predicted molar refractivity (Wildman–Crippen MR) is 79.0 cm³/mol. The summed E-state index contributed by atoms with van der Waals surface area (Å²) in [6, 6.07) is 11.2. The Labute approximate surface area is 115 Å². The number of phenols is 1. The van der Waals surface area contributed by atoms with Gasteiger partial charge in [-0.3, -0.25) is 4.99 Å². The molecule has 0 spiro atoms. The molecule has 0 unspecified atom stereocenters. The zero-order valence-electron chi connectivity index (χ0n) is 10.3. The van der Waals surface area contributed by atoms with Crippen LogP contribution in [0.2, 0.25) is 0 Å². The van der Waals surface area contributed by atoms with Crippen molar-refractivity contribution in [3.8, 4) is 5.75 Å². The molecule has 0 heterocycles. The highest BCUT2D eigenvalue weighted by Gasteiger charge is 2.03. The average Bonchev–Trinajstić information content (AvgIpc) is 2.30. The van der Waals surface area contributed by atoms with Crippen LogP contribution in [0.1, 0.15) is 16.7 Å². The number of halogens is 1. The summed E-state index contributed by atoms with van der Waals surface area (Å²) in [5.74, 6) is 0.244. The Kier molecular flexibility index (Phi) is 3.82. The van der Waals surface area contributed by atoms with E-state index >= 15 is 0 Å². The molecule has 0 bridgehead atoms. The predicted octanol–water partition coefficient (Wildman–Crippen LogP) is 4.52. The van der Waals surface area contributed by atoms with E-state index in [0.717, 1.165) is 26.9 Å². The summed E-state index contributed by atoms with van der Waals surface area (Å²) in [5, 5.41) is 9.67. The number of benzene rings is 2. The molecule has 0 aliphatic heterocycles. The van der Waals surface area contributed by atoms with Gasteiger partial charge < -0.3 is 5.11 Å². The topological polar surface area (TPSA) is 32.6 Å². The van der Waals surface area contributed by atoms with E-state index in [1.807, 2.05) is 38.1 Å². The molecule has 0 saturated carbocycles. The van der Waals surface area contributed by atoms with Gasteiger partial charge in [-0.15, -0.1) is 0 Å². The van der Waals surface area contributed by atoms with Gasteiger partial charge in [0.25, 0.3) is 0 Å². The molecule has 0 aromatic heterocycles. The lowest BCUT2D eigenvalue weighted by Gasteiger charge is -2.05. The second-order valence-electron chi connectivity index (χ2n) is 4.21. The summed E-state index contributed by atoms with van der Waals surface area (Å²) in [6.07, 6.45) is 1.69. The zero-order chi connectivity index (χ0) is 13.1. The summed E-state index contributed by atoms with van der Waals surface area (Å²) in [4.78, 5) is 4.47. The minimum absolute atomic E-state index is 0.244. The van der Waals surface area contributed by atoms with Crippen LogP contribution in [0.15, 0.2) is 45.9 Å². The Morgan fingerprint density at radius 2 is 1.72 bits per heavy atom. The standard InChI is InChI=1S/C15H14BrNO/c1-10-7-13(16)8-11(2)15(10)17-9-12-5-3-4-6-14(12)18/h3-9,18H,1-2H3/b17-9+. The maximum atomic E-state index is 9.67. The largest absolute Gasteiger partial charge is 0.507 e. The Balaban J connectivity index is 2.38. The first kappa shape index (κ1) is 12.8. The molecule has 0 aliphatic carbocycles. The van der Waals surface area contributed by atoms with E-state index in [0.29, 0.717) is 0 Å². The molecule has 18 heavy (non-hydrogen) atoms. The smallest absolute Gasteiger partial charge is 0.124 e. The van der Waals surface area contributed by atoms with Gasteiger partial charge in [-0.25, -0.2) is 0 Å². The Bertz CT molecular complexity index is 582. The zero-order valence-corrected chi connectivity index (χ0v) is 11.9. The number of para-hydroxylation sites is 1. The van der Waals surface area contributed by atoms with Gasteiger partial charge in [-0.1, -0.05) is 28.1 Å². The van der Waals surface area contributed by atoms with Crippen molar-refractivity contribution in [1.82, 2.24) is 0 Å². The number of aryl methyl sites for hydroxylation is 2. The van der Waals surface area contributed by atoms with Gasteiger partial charge in [-0.05, 0) is 49.2 Å². The van der Waals surface area contributed by atoms with Gasteiger partial charge in [0.15, 0.2) is 0 Å². The minimum Gasteiger partial charge on any atom is -0.507 e. The first-order valence-corrected chi connectivity index (χ1v) is 6.46. The van der Waals surface area contributed by atoms with Crippen LogP contribution in [0.3, 0.4) is 0 Å². The number of rotatable bonds is 2. The van der Waals surface area contributed by atoms with Crippen molar-refractivity contribution in [3.63, 3.8) is 0 Å². The van der Waals surface area contributed by atoms with E-state index in [4.69, 9.17) is 0 Å². The maximum absolute atomic E-state index is 9.67. The summed E-state index contributed by atoms with van der Waals surface area (Å²) >= 11 is 3.46.